The highest BCUT2D eigenvalue weighted by atomic mass is 16.6. The number of carbonyl (C=O) groups excluding carboxylic acids is 1. The zero-order valence-corrected chi connectivity index (χ0v) is 23.2. The van der Waals surface area contributed by atoms with Gasteiger partial charge in [-0.1, -0.05) is 47.6 Å². The fourth-order valence-corrected chi connectivity index (χ4v) is 6.54. The molecule has 0 aromatic carbocycles. The van der Waals surface area contributed by atoms with E-state index in [1.165, 1.54) is 5.57 Å². The summed E-state index contributed by atoms with van der Waals surface area (Å²) in [4.78, 5) is 11.7. The minimum Gasteiger partial charge on any atom is -0.396 e. The minimum atomic E-state index is -1.13. The van der Waals surface area contributed by atoms with Crippen LogP contribution in [0.15, 0.2) is 58.7 Å². The van der Waals surface area contributed by atoms with Crippen molar-refractivity contribution in [3.63, 3.8) is 0 Å². The molecule has 0 heterocycles. The van der Waals surface area contributed by atoms with Crippen LogP contribution in [-0.2, 0) is 9.53 Å². The van der Waals surface area contributed by atoms with Gasteiger partial charge in [0.05, 0.1) is 18.3 Å². The molecule has 2 rings (SSSR count). The van der Waals surface area contributed by atoms with E-state index in [0.717, 1.165) is 35.8 Å². The zero-order valence-electron chi connectivity index (χ0n) is 23.2. The quantitative estimate of drug-likeness (QED) is 0.0908. The molecule has 0 radical (unpaired) electrons. The van der Waals surface area contributed by atoms with E-state index >= 15 is 0 Å². The summed E-state index contributed by atoms with van der Waals surface area (Å²) in [6.07, 6.45) is 13.2. The van der Waals surface area contributed by atoms with Gasteiger partial charge in [-0.15, -0.1) is 0 Å². The summed E-state index contributed by atoms with van der Waals surface area (Å²) in [6.45, 7) is 11.6. The first-order chi connectivity index (χ1) is 17.6. The molecule has 0 aromatic heterocycles. The molecule has 0 unspecified atom stereocenters. The third-order valence-electron chi connectivity index (χ3n) is 8.53. The van der Waals surface area contributed by atoms with E-state index in [1.54, 1.807) is 6.92 Å². The van der Waals surface area contributed by atoms with Crippen molar-refractivity contribution in [3.8, 4) is 0 Å². The van der Waals surface area contributed by atoms with E-state index in [4.69, 9.17) is 4.74 Å². The topological polar surface area (TPSA) is 107 Å². The van der Waals surface area contributed by atoms with Gasteiger partial charge in [-0.2, -0.15) is 0 Å². The molecule has 2 fully saturated rings. The van der Waals surface area contributed by atoms with Crippen molar-refractivity contribution in [2.75, 3.05) is 20.0 Å². The van der Waals surface area contributed by atoms with Crippen molar-refractivity contribution in [1.29, 1.82) is 0 Å². The summed E-state index contributed by atoms with van der Waals surface area (Å²) in [5.41, 5.74) is 2.79. The maximum absolute atomic E-state index is 11.9. The Balaban J connectivity index is 2.41. The smallest absolute Gasteiger partial charge is 0.145 e. The summed E-state index contributed by atoms with van der Waals surface area (Å²) in [5, 5.41) is 42.6. The van der Waals surface area contributed by atoms with Crippen LogP contribution in [0.1, 0.15) is 79.1 Å². The van der Waals surface area contributed by atoms with Gasteiger partial charge in [-0.3, -0.25) is 4.79 Å². The Labute approximate surface area is 223 Å². The maximum Gasteiger partial charge on any atom is 0.145 e. The van der Waals surface area contributed by atoms with Gasteiger partial charge in [-0.05, 0) is 96.1 Å². The predicted octanol–water partition coefficient (Wildman–Crippen LogP) is 4.94. The Bertz CT molecular complexity index is 905. The average Bonchev–Trinajstić information content (AvgIpc) is 3.19. The van der Waals surface area contributed by atoms with Crippen LogP contribution < -0.4 is 0 Å². The lowest BCUT2D eigenvalue weighted by molar-refractivity contribution is -0.168. The van der Waals surface area contributed by atoms with Crippen molar-refractivity contribution >= 4 is 6.29 Å². The molecule has 208 valence electrons. The molecular weight excluding hydrogens is 468 g/mol. The van der Waals surface area contributed by atoms with Crippen molar-refractivity contribution in [2.24, 2.45) is 17.3 Å². The predicted molar refractivity (Wildman–Crippen MR) is 148 cm³/mol. The molecular formula is C31H48O6. The maximum atomic E-state index is 11.9. The van der Waals surface area contributed by atoms with Gasteiger partial charge in [0, 0.05) is 17.9 Å². The first kappa shape index (κ1) is 31.4. The van der Waals surface area contributed by atoms with Crippen LogP contribution in [-0.4, -0.2) is 58.4 Å². The largest absolute Gasteiger partial charge is 0.396 e. The van der Waals surface area contributed by atoms with Crippen LogP contribution in [0.3, 0.4) is 0 Å². The van der Waals surface area contributed by atoms with Crippen molar-refractivity contribution in [3.05, 3.63) is 58.7 Å². The highest BCUT2D eigenvalue weighted by Crippen LogP contribution is 2.62. The number of rotatable bonds is 13. The van der Waals surface area contributed by atoms with Crippen LogP contribution in [0.25, 0.3) is 0 Å². The summed E-state index contributed by atoms with van der Waals surface area (Å²) in [6, 6.07) is 0. The van der Waals surface area contributed by atoms with Gasteiger partial charge in [0.25, 0.3) is 0 Å². The Morgan fingerprint density at radius 1 is 1.22 bits per heavy atom. The van der Waals surface area contributed by atoms with Gasteiger partial charge in [0.15, 0.2) is 0 Å². The lowest BCUT2D eigenvalue weighted by Gasteiger charge is -2.55. The Hall–Kier alpha value is -1.83. The summed E-state index contributed by atoms with van der Waals surface area (Å²) >= 11 is 0. The number of carbonyl (C=O) groups is 1. The van der Waals surface area contributed by atoms with Crippen LogP contribution in [0, 0.1) is 17.3 Å². The second-order valence-corrected chi connectivity index (χ2v) is 11.2. The fraction of sp³-hybridized carbons (Fsp3) is 0.645. The first-order valence-electron chi connectivity index (χ1n) is 13.6. The number of aldehydes is 1. The molecule has 0 amide bonds. The molecule has 2 saturated carbocycles. The number of ether oxygens (including phenoxy) is 1. The van der Waals surface area contributed by atoms with Crippen LogP contribution in [0.2, 0.25) is 0 Å². The lowest BCUT2D eigenvalue weighted by atomic mass is 9.52. The molecule has 6 nitrogen and oxygen atoms in total. The minimum absolute atomic E-state index is 0.0133. The molecule has 6 heteroatoms. The molecule has 1 spiro atoms. The lowest BCUT2D eigenvalue weighted by Crippen LogP contribution is -2.59. The third-order valence-corrected chi connectivity index (χ3v) is 8.53. The molecule has 4 N–H and O–H groups in total. The van der Waals surface area contributed by atoms with E-state index < -0.39 is 23.9 Å². The molecule has 0 bridgehead atoms. The Morgan fingerprint density at radius 2 is 1.95 bits per heavy atom. The van der Waals surface area contributed by atoms with Gasteiger partial charge < -0.3 is 25.2 Å². The summed E-state index contributed by atoms with van der Waals surface area (Å²) < 4.78 is 5.36. The molecule has 0 saturated heterocycles. The number of hydrogen-bond donors (Lipinski definition) is 4. The Kier molecular flexibility index (Phi) is 12.2. The van der Waals surface area contributed by atoms with E-state index in [9.17, 15) is 25.2 Å². The normalized spacial score (nSPS) is 31.7. The molecule has 0 aromatic rings. The number of aliphatic hydroxyl groups is 4. The Morgan fingerprint density at radius 3 is 2.57 bits per heavy atom. The molecule has 2 aliphatic carbocycles. The molecule has 37 heavy (non-hydrogen) atoms. The third kappa shape index (κ3) is 7.39. The van der Waals surface area contributed by atoms with E-state index in [2.05, 4.69) is 26.5 Å². The van der Waals surface area contributed by atoms with Crippen LogP contribution in [0.5, 0.6) is 0 Å². The highest BCUT2D eigenvalue weighted by Gasteiger charge is 2.63. The van der Waals surface area contributed by atoms with Gasteiger partial charge >= 0.3 is 0 Å². The SMILES string of the molecule is C=C(/C=C/C=C(/COCO)[C@@H]1CC[C@]2([C@@H]1O)[C@@H](CCCO)/C(=C(/C)C=O)CC[C@@]2(C)O)CCC=C(C)C. The van der Waals surface area contributed by atoms with Gasteiger partial charge in [0.2, 0.25) is 0 Å². The fourth-order valence-electron chi connectivity index (χ4n) is 6.54. The number of allylic oxidation sites excluding steroid dienone is 8. The molecule has 2 aliphatic rings. The summed E-state index contributed by atoms with van der Waals surface area (Å²) in [5.74, 6) is -0.479. The second kappa shape index (κ2) is 14.4. The van der Waals surface area contributed by atoms with E-state index in [1.807, 2.05) is 25.2 Å². The second-order valence-electron chi connectivity index (χ2n) is 11.2. The highest BCUT2D eigenvalue weighted by molar-refractivity contribution is 5.74. The average molecular weight is 517 g/mol. The monoisotopic (exact) mass is 516 g/mol. The van der Waals surface area contributed by atoms with E-state index in [-0.39, 0.29) is 25.0 Å². The zero-order chi connectivity index (χ0) is 27.6. The van der Waals surface area contributed by atoms with Gasteiger partial charge in [-0.25, -0.2) is 0 Å². The van der Waals surface area contributed by atoms with Crippen LogP contribution in [0.4, 0.5) is 0 Å². The van der Waals surface area contributed by atoms with E-state index in [0.29, 0.717) is 44.1 Å². The number of aliphatic hydroxyl groups excluding tert-OH is 3. The molecule has 0 aliphatic heterocycles. The van der Waals surface area contributed by atoms with Crippen LogP contribution >= 0.6 is 0 Å². The van der Waals surface area contributed by atoms with Crippen molar-refractivity contribution in [1.82, 2.24) is 0 Å². The molecule has 5 atom stereocenters. The number of hydrogen-bond acceptors (Lipinski definition) is 6. The van der Waals surface area contributed by atoms with Crippen molar-refractivity contribution in [2.45, 2.75) is 90.8 Å². The van der Waals surface area contributed by atoms with Crippen molar-refractivity contribution < 1.29 is 30.0 Å². The first-order valence-corrected chi connectivity index (χ1v) is 13.6. The van der Waals surface area contributed by atoms with Gasteiger partial charge in [0.1, 0.15) is 13.1 Å². The standard InChI is InChI=1S/C31H48O6/c1-22(2)9-6-10-23(3)11-7-12-25(20-37-21-34)27-15-17-31(29(27)35)28(13-8-18-32)26(24(4)19-33)14-16-30(31,5)36/h7,9,11-12,19,27-29,32,34-36H,3,6,8,10,13-18,20-21H2,1-2,4-5H3/b11-7+,25-12-,26-24-/t27-,28-,29+,30+,31+/m0/s1. The summed E-state index contributed by atoms with van der Waals surface area (Å²) in [7, 11) is 0.